The molecule has 1 rings (SSSR count). The smallest absolute Gasteiger partial charge is 0.748 e. The van der Waals surface area contributed by atoms with Crippen LogP contribution in [0.2, 0.25) is 0 Å². The molecule has 4 nitrogen and oxygen atoms in total. The summed E-state index contributed by atoms with van der Waals surface area (Å²) in [7, 11) is -4.25. The summed E-state index contributed by atoms with van der Waals surface area (Å²) in [6, 6.07) is 6.53. The Morgan fingerprint density at radius 3 is 1.94 bits per heavy atom. The van der Waals surface area contributed by atoms with E-state index in [4.69, 9.17) is 4.74 Å². The van der Waals surface area contributed by atoms with Gasteiger partial charge in [-0.15, -0.1) is 0 Å². The molecule has 180 valence electrons. The van der Waals surface area contributed by atoms with Gasteiger partial charge in [0.15, 0.2) is 0 Å². The molecule has 0 aliphatic heterocycles. The van der Waals surface area contributed by atoms with Crippen molar-refractivity contribution in [1.82, 2.24) is 0 Å². The molecular weight excluding hydrogens is 431 g/mol. The van der Waals surface area contributed by atoms with Gasteiger partial charge in [0, 0.05) is 5.25 Å². The minimum Gasteiger partial charge on any atom is -0.748 e. The molecule has 0 bridgehead atoms. The first-order chi connectivity index (χ1) is 14.9. The van der Waals surface area contributed by atoms with Crippen LogP contribution in [0.3, 0.4) is 0 Å². The van der Waals surface area contributed by atoms with Gasteiger partial charge in [0.1, 0.15) is 5.75 Å². The van der Waals surface area contributed by atoms with Gasteiger partial charge in [0.2, 0.25) is 0 Å². The van der Waals surface area contributed by atoms with Gasteiger partial charge < -0.3 is 9.29 Å². The van der Waals surface area contributed by atoms with Crippen molar-refractivity contribution in [2.45, 2.75) is 122 Å². The summed E-state index contributed by atoms with van der Waals surface area (Å²) in [5.41, 5.74) is 2.47. The molecule has 0 amide bonds. The van der Waals surface area contributed by atoms with E-state index in [1.54, 1.807) is 0 Å². The summed E-state index contributed by atoms with van der Waals surface area (Å²) in [4.78, 5) is 0. The zero-order valence-electron chi connectivity index (χ0n) is 21.2. The molecule has 0 radical (unpaired) electrons. The molecule has 32 heavy (non-hydrogen) atoms. The molecule has 0 N–H and O–H groups in total. The fourth-order valence-electron chi connectivity index (χ4n) is 3.78. The van der Waals surface area contributed by atoms with Crippen molar-refractivity contribution in [2.24, 2.45) is 0 Å². The Labute approximate surface area is 220 Å². The van der Waals surface area contributed by atoms with Crippen molar-refractivity contribution in [3.8, 4) is 5.75 Å². The predicted molar refractivity (Wildman–Crippen MR) is 130 cm³/mol. The van der Waals surface area contributed by atoms with Crippen molar-refractivity contribution in [2.75, 3.05) is 6.61 Å². The molecule has 0 fully saturated rings. The number of benzene rings is 1. The van der Waals surface area contributed by atoms with E-state index < -0.39 is 15.4 Å². The van der Waals surface area contributed by atoms with Crippen molar-refractivity contribution in [3.05, 3.63) is 29.3 Å². The number of hydrogen-bond acceptors (Lipinski definition) is 4. The molecule has 1 unspecified atom stereocenters. The molecule has 0 aromatic heterocycles. The van der Waals surface area contributed by atoms with Gasteiger partial charge in [-0.2, -0.15) is 0 Å². The van der Waals surface area contributed by atoms with Gasteiger partial charge in [-0.1, -0.05) is 90.2 Å². The Balaban J connectivity index is 0.00000961. The molecule has 0 aliphatic carbocycles. The summed E-state index contributed by atoms with van der Waals surface area (Å²) < 4.78 is 39.4. The number of unbranched alkanes of at least 4 members (excludes halogenated alkanes) is 10. The van der Waals surface area contributed by atoms with Gasteiger partial charge in [-0.3, -0.25) is 0 Å². The van der Waals surface area contributed by atoms with E-state index in [0.717, 1.165) is 25.0 Å². The van der Waals surface area contributed by atoms with Gasteiger partial charge in [0.05, 0.1) is 16.7 Å². The third-order valence-electron chi connectivity index (χ3n) is 6.02. The molecule has 1 aromatic carbocycles. The summed E-state index contributed by atoms with van der Waals surface area (Å²) in [5.74, 6) is 0.868. The van der Waals surface area contributed by atoms with E-state index in [2.05, 4.69) is 32.0 Å². The summed E-state index contributed by atoms with van der Waals surface area (Å²) in [5, 5.41) is -0.916. The molecular formula is C26H45NaO4S. The van der Waals surface area contributed by atoms with E-state index in [1.165, 1.54) is 88.7 Å². The van der Waals surface area contributed by atoms with Crippen molar-refractivity contribution in [1.29, 1.82) is 0 Å². The largest absolute Gasteiger partial charge is 1.00 e. The Kier molecular flexibility index (Phi) is 19.2. The van der Waals surface area contributed by atoms with E-state index in [1.807, 2.05) is 0 Å². The third-order valence-corrected chi connectivity index (χ3v) is 7.25. The third kappa shape index (κ3) is 15.0. The van der Waals surface area contributed by atoms with Crippen LogP contribution in [0, 0.1) is 0 Å². The van der Waals surface area contributed by atoms with Crippen LogP contribution in [0.25, 0.3) is 0 Å². The first kappa shape index (κ1) is 31.9. The van der Waals surface area contributed by atoms with Crippen molar-refractivity contribution in [3.63, 3.8) is 0 Å². The fourth-order valence-corrected chi connectivity index (χ4v) is 4.16. The van der Waals surface area contributed by atoms with Crippen LogP contribution in [-0.4, -0.2) is 24.8 Å². The molecule has 1 atom stereocenters. The van der Waals surface area contributed by atoms with E-state index in [0.29, 0.717) is 0 Å². The Hall–Kier alpha value is -0.0700. The van der Waals surface area contributed by atoms with Gasteiger partial charge in [0.25, 0.3) is 0 Å². The average molecular weight is 477 g/mol. The fraction of sp³-hybridized carbons (Fsp3) is 0.769. The van der Waals surface area contributed by atoms with E-state index in [9.17, 15) is 13.0 Å². The second kappa shape index (κ2) is 19.3. The number of hydrogen-bond donors (Lipinski definition) is 0. The second-order valence-electron chi connectivity index (χ2n) is 8.92. The Morgan fingerprint density at radius 1 is 0.844 bits per heavy atom. The quantitative estimate of drug-likeness (QED) is 0.171. The topological polar surface area (TPSA) is 66.4 Å². The molecule has 0 saturated heterocycles. The zero-order valence-corrected chi connectivity index (χ0v) is 24.0. The van der Waals surface area contributed by atoms with Crippen LogP contribution in [0.15, 0.2) is 18.2 Å². The predicted octanol–water partition coefficient (Wildman–Crippen LogP) is 4.20. The minimum atomic E-state index is -4.25. The van der Waals surface area contributed by atoms with Gasteiger partial charge in [-0.05, 0) is 56.2 Å². The molecule has 0 heterocycles. The number of ether oxygens (including phenoxy) is 1. The minimum absolute atomic E-state index is 0. The average Bonchev–Trinajstić information content (AvgIpc) is 2.73. The normalized spacial score (nSPS) is 12.4. The summed E-state index contributed by atoms with van der Waals surface area (Å²) in [6.07, 6.45) is 17.4. The van der Waals surface area contributed by atoms with Gasteiger partial charge in [-0.25, -0.2) is 8.42 Å². The monoisotopic (exact) mass is 476 g/mol. The Bertz CT molecular complexity index is 691. The molecule has 0 saturated carbocycles. The van der Waals surface area contributed by atoms with E-state index >= 15 is 0 Å². The van der Waals surface area contributed by atoms with Crippen LogP contribution in [0.5, 0.6) is 5.75 Å². The van der Waals surface area contributed by atoms with Crippen LogP contribution in [0.1, 0.15) is 115 Å². The molecule has 1 aromatic rings. The molecule has 0 aliphatic rings. The van der Waals surface area contributed by atoms with E-state index in [-0.39, 0.29) is 42.6 Å². The Morgan fingerprint density at radius 2 is 1.38 bits per heavy atom. The maximum Gasteiger partial charge on any atom is 1.00 e. The van der Waals surface area contributed by atoms with Crippen LogP contribution in [0.4, 0.5) is 0 Å². The maximum atomic E-state index is 11.1. The molecule has 6 heteroatoms. The van der Waals surface area contributed by atoms with Gasteiger partial charge >= 0.3 is 29.6 Å². The zero-order chi connectivity index (χ0) is 23.0. The molecule has 0 spiro atoms. The first-order valence-corrected chi connectivity index (χ1v) is 14.0. The summed E-state index contributed by atoms with van der Waals surface area (Å²) >= 11 is 0. The maximum absolute atomic E-state index is 11.1. The standard InChI is InChI=1S/C26H46O4S.Na/c1-4-6-8-10-12-14-16-24-18-19-25(17-15-13-11-9-7-5-2)26(22-24)30-21-20-23(3)31(27,28)29;/h18-19,22-23H,4-17,20-21H2,1-3H3,(H,27,28,29);/q;+1/p-1. The van der Waals surface area contributed by atoms with Crippen LogP contribution < -0.4 is 34.3 Å². The second-order valence-corrected chi connectivity index (χ2v) is 10.7. The number of aryl methyl sites for hydroxylation is 2. The first-order valence-electron chi connectivity index (χ1n) is 12.6. The van der Waals surface area contributed by atoms with Crippen LogP contribution >= 0.6 is 0 Å². The SMILES string of the molecule is CCCCCCCCc1ccc(CCCCCCCC)c(OCCC(C)S(=O)(=O)[O-])c1.[Na+]. The number of rotatable bonds is 19. The summed E-state index contributed by atoms with van der Waals surface area (Å²) in [6.45, 7) is 6.18. The van der Waals surface area contributed by atoms with Crippen LogP contribution in [-0.2, 0) is 23.0 Å². The van der Waals surface area contributed by atoms with Crippen molar-refractivity contribution >= 4 is 10.1 Å². The van der Waals surface area contributed by atoms with Crippen molar-refractivity contribution < 1.29 is 47.3 Å².